The second kappa shape index (κ2) is 3.74. The van der Waals surface area contributed by atoms with Gasteiger partial charge in [0.15, 0.2) is 0 Å². The number of phenolic OH excluding ortho intramolecular Hbond substituents is 1. The van der Waals surface area contributed by atoms with Crippen LogP contribution in [-0.4, -0.2) is 22.9 Å². The van der Waals surface area contributed by atoms with E-state index in [4.69, 9.17) is 4.74 Å². The number of methoxy groups -OCH3 is 1. The highest BCUT2D eigenvalue weighted by molar-refractivity contribution is 5.39. The lowest BCUT2D eigenvalue weighted by atomic mass is 10.0. The Balaban J connectivity index is 2.01. The number of hydrogen-bond donors (Lipinski definition) is 2. The molecule has 0 atom stereocenters. The lowest BCUT2D eigenvalue weighted by Crippen LogP contribution is -2.07. The average molecular weight is 208 g/mol. The second-order valence-corrected chi connectivity index (χ2v) is 4.22. The molecule has 0 bridgehead atoms. The molecule has 82 valence electrons. The molecule has 0 aliphatic heterocycles. The second-order valence-electron chi connectivity index (χ2n) is 4.22. The Bertz CT molecular complexity index is 356. The van der Waals surface area contributed by atoms with E-state index in [0.717, 1.165) is 24.8 Å². The van der Waals surface area contributed by atoms with E-state index >= 15 is 0 Å². The van der Waals surface area contributed by atoms with Gasteiger partial charge in [-0.25, -0.2) is 0 Å². The normalized spacial score (nSPS) is 17.5. The van der Waals surface area contributed by atoms with Crippen LogP contribution in [0.4, 0.5) is 0 Å². The van der Waals surface area contributed by atoms with Gasteiger partial charge < -0.3 is 14.9 Å². The van der Waals surface area contributed by atoms with Crippen molar-refractivity contribution in [3.05, 3.63) is 23.8 Å². The van der Waals surface area contributed by atoms with Gasteiger partial charge in [0.1, 0.15) is 11.5 Å². The zero-order valence-electron chi connectivity index (χ0n) is 8.86. The first-order valence-electron chi connectivity index (χ1n) is 5.21. The molecule has 0 amide bonds. The molecule has 2 rings (SSSR count). The fourth-order valence-electron chi connectivity index (χ4n) is 1.64. The smallest absolute Gasteiger partial charge is 0.122 e. The molecule has 1 aromatic carbocycles. The fourth-order valence-corrected chi connectivity index (χ4v) is 1.64. The molecule has 1 aromatic rings. The lowest BCUT2D eigenvalue weighted by molar-refractivity contribution is 0.140. The predicted molar refractivity (Wildman–Crippen MR) is 57.2 cm³/mol. The number of rotatable bonds is 4. The first-order valence-corrected chi connectivity index (χ1v) is 5.21. The molecule has 0 aromatic heterocycles. The summed E-state index contributed by atoms with van der Waals surface area (Å²) in [6, 6.07) is 5.28. The monoisotopic (exact) mass is 208 g/mol. The van der Waals surface area contributed by atoms with Gasteiger partial charge in [0.05, 0.1) is 12.7 Å². The van der Waals surface area contributed by atoms with Gasteiger partial charge in [-0.05, 0) is 37.3 Å². The minimum atomic E-state index is -0.452. The topological polar surface area (TPSA) is 49.7 Å². The quantitative estimate of drug-likeness (QED) is 0.794. The van der Waals surface area contributed by atoms with Crippen molar-refractivity contribution in [3.63, 3.8) is 0 Å². The lowest BCUT2D eigenvalue weighted by Gasteiger charge is -2.09. The molecular weight excluding hydrogens is 192 g/mol. The highest BCUT2D eigenvalue weighted by Crippen LogP contribution is 2.40. The zero-order valence-corrected chi connectivity index (χ0v) is 8.86. The van der Waals surface area contributed by atoms with Crippen LogP contribution >= 0.6 is 0 Å². The maximum Gasteiger partial charge on any atom is 0.122 e. The first kappa shape index (κ1) is 10.3. The summed E-state index contributed by atoms with van der Waals surface area (Å²) in [6.45, 7) is 0. The maximum absolute atomic E-state index is 9.68. The maximum atomic E-state index is 9.68. The van der Waals surface area contributed by atoms with Crippen LogP contribution in [0.25, 0.3) is 0 Å². The Kier molecular flexibility index (Phi) is 2.57. The summed E-state index contributed by atoms with van der Waals surface area (Å²) in [6.07, 6.45) is 3.23. The number of aryl methyl sites for hydroxylation is 1. The molecule has 1 saturated carbocycles. The largest absolute Gasteiger partial charge is 0.508 e. The molecule has 3 nitrogen and oxygen atoms in total. The molecule has 0 spiro atoms. The summed E-state index contributed by atoms with van der Waals surface area (Å²) in [5, 5.41) is 19.4. The van der Waals surface area contributed by atoms with Crippen molar-refractivity contribution in [1.82, 2.24) is 0 Å². The summed E-state index contributed by atoms with van der Waals surface area (Å²) in [4.78, 5) is 0. The fraction of sp³-hybridized carbons (Fsp3) is 0.500. The predicted octanol–water partition coefficient (Wildman–Crippen LogP) is 1.86. The first-order chi connectivity index (χ1) is 7.13. The molecule has 1 aliphatic carbocycles. The summed E-state index contributed by atoms with van der Waals surface area (Å²) < 4.78 is 5.00. The van der Waals surface area contributed by atoms with Crippen LogP contribution in [0.1, 0.15) is 24.8 Å². The number of ether oxygens (including phenoxy) is 1. The Morgan fingerprint density at radius 3 is 2.67 bits per heavy atom. The molecular formula is C12H16O3. The molecule has 1 aliphatic rings. The van der Waals surface area contributed by atoms with Crippen molar-refractivity contribution in [2.45, 2.75) is 31.3 Å². The molecule has 0 saturated heterocycles. The van der Waals surface area contributed by atoms with Gasteiger partial charge in [0.25, 0.3) is 0 Å². The highest BCUT2D eigenvalue weighted by Gasteiger charge is 2.39. The minimum absolute atomic E-state index is 0.249. The SMILES string of the molecule is COc1ccc(CCC2(O)CC2)c(O)c1. The number of aromatic hydroxyl groups is 1. The Morgan fingerprint density at radius 1 is 1.40 bits per heavy atom. The van der Waals surface area contributed by atoms with Crippen LogP contribution in [0.3, 0.4) is 0 Å². The van der Waals surface area contributed by atoms with E-state index in [1.54, 1.807) is 13.2 Å². The van der Waals surface area contributed by atoms with Crippen molar-refractivity contribution in [2.75, 3.05) is 7.11 Å². The van der Waals surface area contributed by atoms with E-state index in [1.165, 1.54) is 0 Å². The van der Waals surface area contributed by atoms with Crippen LogP contribution < -0.4 is 4.74 Å². The summed E-state index contributed by atoms with van der Waals surface area (Å²) in [5.41, 5.74) is 0.419. The van der Waals surface area contributed by atoms with E-state index < -0.39 is 5.60 Å². The van der Waals surface area contributed by atoms with E-state index in [1.807, 2.05) is 12.1 Å². The average Bonchev–Trinajstić information content (AvgIpc) is 2.95. The van der Waals surface area contributed by atoms with E-state index in [0.29, 0.717) is 12.2 Å². The van der Waals surface area contributed by atoms with Crippen molar-refractivity contribution in [3.8, 4) is 11.5 Å². The minimum Gasteiger partial charge on any atom is -0.508 e. The summed E-state index contributed by atoms with van der Waals surface area (Å²) in [5.74, 6) is 0.903. The van der Waals surface area contributed by atoms with Gasteiger partial charge in [0, 0.05) is 6.07 Å². The van der Waals surface area contributed by atoms with Crippen molar-refractivity contribution >= 4 is 0 Å². The van der Waals surface area contributed by atoms with Crippen molar-refractivity contribution in [2.24, 2.45) is 0 Å². The Morgan fingerprint density at radius 2 is 2.13 bits per heavy atom. The third kappa shape index (κ3) is 2.42. The van der Waals surface area contributed by atoms with Crippen LogP contribution in [0.5, 0.6) is 11.5 Å². The van der Waals surface area contributed by atoms with E-state index in [2.05, 4.69) is 0 Å². The van der Waals surface area contributed by atoms with Gasteiger partial charge in [0.2, 0.25) is 0 Å². The van der Waals surface area contributed by atoms with E-state index in [-0.39, 0.29) is 5.75 Å². The molecule has 15 heavy (non-hydrogen) atoms. The van der Waals surface area contributed by atoms with Gasteiger partial charge in [-0.1, -0.05) is 6.07 Å². The Hall–Kier alpha value is -1.22. The van der Waals surface area contributed by atoms with Crippen LogP contribution in [0, 0.1) is 0 Å². The van der Waals surface area contributed by atoms with E-state index in [9.17, 15) is 10.2 Å². The summed E-state index contributed by atoms with van der Waals surface area (Å²) in [7, 11) is 1.57. The van der Waals surface area contributed by atoms with Gasteiger partial charge in [-0.2, -0.15) is 0 Å². The third-order valence-corrected chi connectivity index (χ3v) is 2.98. The molecule has 1 fully saturated rings. The van der Waals surface area contributed by atoms with Crippen LogP contribution in [0.15, 0.2) is 18.2 Å². The standard InChI is InChI=1S/C12H16O3/c1-15-10-3-2-9(11(13)8-10)4-5-12(14)6-7-12/h2-3,8,13-14H,4-7H2,1H3. The van der Waals surface area contributed by atoms with Crippen molar-refractivity contribution < 1.29 is 14.9 Å². The molecule has 0 radical (unpaired) electrons. The van der Waals surface area contributed by atoms with Crippen LogP contribution in [0.2, 0.25) is 0 Å². The highest BCUT2D eigenvalue weighted by atomic mass is 16.5. The zero-order chi connectivity index (χ0) is 10.9. The Labute approximate surface area is 89.3 Å². The number of benzene rings is 1. The molecule has 0 unspecified atom stereocenters. The van der Waals surface area contributed by atoms with Gasteiger partial charge >= 0.3 is 0 Å². The van der Waals surface area contributed by atoms with Gasteiger partial charge in [-0.15, -0.1) is 0 Å². The van der Waals surface area contributed by atoms with Crippen LogP contribution in [-0.2, 0) is 6.42 Å². The third-order valence-electron chi connectivity index (χ3n) is 2.98. The van der Waals surface area contributed by atoms with Gasteiger partial charge in [-0.3, -0.25) is 0 Å². The molecule has 0 heterocycles. The molecule has 3 heteroatoms. The number of aliphatic hydroxyl groups is 1. The molecule has 2 N–H and O–H groups in total. The number of phenols is 1. The number of hydrogen-bond acceptors (Lipinski definition) is 3. The van der Waals surface area contributed by atoms with Crippen molar-refractivity contribution in [1.29, 1.82) is 0 Å². The summed E-state index contributed by atoms with van der Waals surface area (Å²) >= 11 is 0.